The summed E-state index contributed by atoms with van der Waals surface area (Å²) >= 11 is 3.58. The van der Waals surface area contributed by atoms with Gasteiger partial charge in [0.1, 0.15) is 5.75 Å². The highest BCUT2D eigenvalue weighted by Gasteiger charge is 2.38. The SMILES string of the molecule is COc1cc(C)c2c(c1)CCc1cc(Br)cnc1C2N1CC[N+]([O-])(C(=O)Cc2ccncc2)CC1. The zero-order chi connectivity index (χ0) is 24.6. The van der Waals surface area contributed by atoms with Crippen molar-refractivity contribution in [2.75, 3.05) is 33.3 Å². The first-order valence-corrected chi connectivity index (χ1v) is 12.7. The van der Waals surface area contributed by atoms with Crippen molar-refractivity contribution in [1.82, 2.24) is 14.9 Å². The standard InChI is InChI=1S/C27H29BrN4O3/c1-18-13-23(35-2)16-20-3-4-21-15-22(28)17-30-26(21)27(25(18)20)31-9-11-32(34,12-10-31)24(33)14-19-5-7-29-8-6-19/h5-8,13,15-17,27H,3-4,9-12,14H2,1-2H3. The lowest BCUT2D eigenvalue weighted by atomic mass is 9.91. The number of nitrogens with zero attached hydrogens (tertiary/aromatic N) is 4. The molecule has 35 heavy (non-hydrogen) atoms. The van der Waals surface area contributed by atoms with Crippen LogP contribution in [-0.4, -0.2) is 58.7 Å². The summed E-state index contributed by atoms with van der Waals surface area (Å²) in [5, 5.41) is 13.5. The quantitative estimate of drug-likeness (QED) is 0.368. The number of carbonyl (C=O) groups excluding carboxylic acids is 1. The van der Waals surface area contributed by atoms with Crippen molar-refractivity contribution in [3.8, 4) is 5.75 Å². The van der Waals surface area contributed by atoms with Crippen molar-refractivity contribution < 1.29 is 14.2 Å². The van der Waals surface area contributed by atoms with Crippen LogP contribution in [0.2, 0.25) is 0 Å². The minimum atomic E-state index is -0.791. The number of rotatable bonds is 4. The van der Waals surface area contributed by atoms with Crippen LogP contribution in [0.4, 0.5) is 0 Å². The molecule has 1 aliphatic carbocycles. The van der Waals surface area contributed by atoms with Gasteiger partial charge in [-0.3, -0.25) is 19.5 Å². The number of pyridine rings is 2. The number of piperazine rings is 1. The maximum atomic E-state index is 13.5. The molecule has 1 aliphatic heterocycles. The summed E-state index contributed by atoms with van der Waals surface area (Å²) in [7, 11) is 1.70. The molecule has 2 aliphatic rings. The fourth-order valence-corrected chi connectivity index (χ4v) is 5.76. The Morgan fingerprint density at radius 3 is 2.60 bits per heavy atom. The molecule has 0 N–H and O–H groups in total. The lowest BCUT2D eigenvalue weighted by molar-refractivity contribution is -0.810. The molecule has 8 heteroatoms. The number of benzene rings is 1. The van der Waals surface area contributed by atoms with Crippen LogP contribution in [0.5, 0.6) is 5.75 Å². The first-order valence-electron chi connectivity index (χ1n) is 11.9. The van der Waals surface area contributed by atoms with Gasteiger partial charge in [0.2, 0.25) is 0 Å². The topological polar surface area (TPSA) is 78.4 Å². The second-order valence-electron chi connectivity index (χ2n) is 9.42. The number of aromatic nitrogens is 2. The van der Waals surface area contributed by atoms with Gasteiger partial charge in [-0.25, -0.2) is 4.79 Å². The van der Waals surface area contributed by atoms with Crippen LogP contribution in [0.15, 0.2) is 53.4 Å². The largest absolute Gasteiger partial charge is 0.625 e. The summed E-state index contributed by atoms with van der Waals surface area (Å²) in [6.45, 7) is 3.64. The van der Waals surface area contributed by atoms with Crippen molar-refractivity contribution in [2.24, 2.45) is 0 Å². The maximum absolute atomic E-state index is 13.5. The van der Waals surface area contributed by atoms with Crippen LogP contribution in [0.3, 0.4) is 0 Å². The van der Waals surface area contributed by atoms with E-state index < -0.39 is 4.65 Å². The Hall–Kier alpha value is -2.65. The van der Waals surface area contributed by atoms with Crippen molar-refractivity contribution in [3.63, 3.8) is 0 Å². The third kappa shape index (κ3) is 4.76. The zero-order valence-electron chi connectivity index (χ0n) is 20.0. The van der Waals surface area contributed by atoms with Crippen LogP contribution in [0, 0.1) is 12.1 Å². The van der Waals surface area contributed by atoms with Crippen LogP contribution >= 0.6 is 15.9 Å². The van der Waals surface area contributed by atoms with Crippen molar-refractivity contribution in [2.45, 2.75) is 32.2 Å². The molecule has 0 saturated carbocycles. The second kappa shape index (κ2) is 9.78. The fraction of sp³-hybridized carbons (Fsp3) is 0.370. The number of hydrogen-bond acceptors (Lipinski definition) is 6. The number of hydroxylamine groups is 3. The Labute approximate surface area is 214 Å². The Balaban J connectivity index is 1.45. The maximum Gasteiger partial charge on any atom is 0.318 e. The van der Waals surface area contributed by atoms with E-state index in [1.807, 2.05) is 6.20 Å². The molecule has 1 fully saturated rings. The molecule has 1 atom stereocenters. The summed E-state index contributed by atoms with van der Waals surface area (Å²) < 4.78 is 5.73. The predicted molar refractivity (Wildman–Crippen MR) is 137 cm³/mol. The van der Waals surface area contributed by atoms with E-state index in [0.29, 0.717) is 13.1 Å². The third-order valence-corrected chi connectivity index (χ3v) is 7.70. The van der Waals surface area contributed by atoms with Crippen LogP contribution in [0.1, 0.15) is 39.6 Å². The predicted octanol–water partition coefficient (Wildman–Crippen LogP) is 4.14. The van der Waals surface area contributed by atoms with E-state index in [1.54, 1.807) is 31.6 Å². The number of ether oxygens (including phenoxy) is 1. The Morgan fingerprint density at radius 2 is 1.89 bits per heavy atom. The van der Waals surface area contributed by atoms with Gasteiger partial charge in [0.05, 0.1) is 38.4 Å². The first kappa shape index (κ1) is 24.1. The van der Waals surface area contributed by atoms with Crippen LogP contribution in [0.25, 0.3) is 0 Å². The molecule has 2 aromatic heterocycles. The summed E-state index contributed by atoms with van der Waals surface area (Å²) in [6.07, 6.45) is 7.08. The number of quaternary nitrogens is 1. The van der Waals surface area contributed by atoms with Gasteiger partial charge in [-0.1, -0.05) is 0 Å². The summed E-state index contributed by atoms with van der Waals surface area (Å²) in [6, 6.07) is 9.88. The first-order chi connectivity index (χ1) is 16.9. The highest BCUT2D eigenvalue weighted by atomic mass is 79.9. The summed E-state index contributed by atoms with van der Waals surface area (Å²) in [5.74, 6) is 0.566. The minimum Gasteiger partial charge on any atom is -0.625 e. The molecule has 1 unspecified atom stereocenters. The number of amides is 1. The Bertz CT molecular complexity index is 1240. The molecule has 182 valence electrons. The van der Waals surface area contributed by atoms with Crippen molar-refractivity contribution >= 4 is 21.8 Å². The summed E-state index contributed by atoms with van der Waals surface area (Å²) in [4.78, 5) is 24.2. The molecule has 0 bridgehead atoms. The van der Waals surface area contributed by atoms with Gasteiger partial charge in [0, 0.05) is 36.2 Å². The van der Waals surface area contributed by atoms with Gasteiger partial charge < -0.3 is 9.94 Å². The highest BCUT2D eigenvalue weighted by Crippen LogP contribution is 2.40. The molecule has 5 rings (SSSR count). The van der Waals surface area contributed by atoms with Gasteiger partial charge in [-0.05, 0) is 93.8 Å². The molecule has 3 heterocycles. The minimum absolute atomic E-state index is 0.0643. The number of carbonyl (C=O) groups is 1. The van der Waals surface area contributed by atoms with Gasteiger partial charge >= 0.3 is 5.91 Å². The smallest absolute Gasteiger partial charge is 0.318 e. The molecule has 1 amide bonds. The van der Waals surface area contributed by atoms with E-state index in [0.717, 1.165) is 39.9 Å². The third-order valence-electron chi connectivity index (χ3n) is 7.27. The van der Waals surface area contributed by atoms with E-state index in [-0.39, 0.29) is 31.5 Å². The van der Waals surface area contributed by atoms with E-state index >= 15 is 0 Å². The lowest BCUT2D eigenvalue weighted by Crippen LogP contribution is -2.60. The van der Waals surface area contributed by atoms with Crippen LogP contribution < -0.4 is 4.74 Å². The number of halogens is 1. The molecule has 0 radical (unpaired) electrons. The van der Waals surface area contributed by atoms with Gasteiger partial charge in [-0.15, -0.1) is 0 Å². The molecule has 1 saturated heterocycles. The average molecular weight is 537 g/mol. The van der Waals surface area contributed by atoms with Crippen LogP contribution in [-0.2, 0) is 24.1 Å². The van der Waals surface area contributed by atoms with E-state index in [1.165, 1.54) is 16.7 Å². The fourth-order valence-electron chi connectivity index (χ4n) is 5.38. The van der Waals surface area contributed by atoms with E-state index in [2.05, 4.69) is 50.9 Å². The number of hydrogen-bond donors (Lipinski definition) is 0. The van der Waals surface area contributed by atoms with E-state index in [9.17, 15) is 10.0 Å². The lowest BCUT2D eigenvalue weighted by Gasteiger charge is -2.47. The monoisotopic (exact) mass is 536 g/mol. The van der Waals surface area contributed by atoms with Crippen molar-refractivity contribution in [3.05, 3.63) is 92.1 Å². The Morgan fingerprint density at radius 1 is 1.17 bits per heavy atom. The molecule has 0 spiro atoms. The molecular formula is C27H29BrN4O3. The average Bonchev–Trinajstić information content (AvgIpc) is 3.02. The zero-order valence-corrected chi connectivity index (χ0v) is 21.6. The second-order valence-corrected chi connectivity index (χ2v) is 10.3. The molecule has 7 nitrogen and oxygen atoms in total. The van der Waals surface area contributed by atoms with Gasteiger partial charge in [0.15, 0.2) is 0 Å². The number of methoxy groups -OCH3 is 1. The molecular weight excluding hydrogens is 508 g/mol. The normalized spacial score (nSPS) is 19.4. The van der Waals surface area contributed by atoms with Gasteiger partial charge in [0.25, 0.3) is 0 Å². The molecule has 3 aromatic rings. The highest BCUT2D eigenvalue weighted by molar-refractivity contribution is 9.10. The number of fused-ring (bicyclic) bond motifs is 2. The molecule has 1 aromatic carbocycles. The Kier molecular flexibility index (Phi) is 6.72. The van der Waals surface area contributed by atoms with Gasteiger partial charge in [-0.2, -0.15) is 0 Å². The van der Waals surface area contributed by atoms with Crippen molar-refractivity contribution in [1.29, 1.82) is 0 Å². The summed E-state index contributed by atoms with van der Waals surface area (Å²) in [5.41, 5.74) is 6.72. The van der Waals surface area contributed by atoms with E-state index in [4.69, 9.17) is 9.72 Å². The number of aryl methyl sites for hydroxylation is 3.